The van der Waals surface area contributed by atoms with Crippen LogP contribution in [0, 0.1) is 0 Å². The number of nitrogens with zero attached hydrogens (tertiary/aromatic N) is 1. The van der Waals surface area contributed by atoms with E-state index in [0.717, 1.165) is 0 Å². The third-order valence-corrected chi connectivity index (χ3v) is 5.39. The topological polar surface area (TPSA) is 86.7 Å². The summed E-state index contributed by atoms with van der Waals surface area (Å²) in [5.41, 5.74) is -0.996. The van der Waals surface area contributed by atoms with Crippen LogP contribution in [0.5, 0.6) is 0 Å². The summed E-state index contributed by atoms with van der Waals surface area (Å²) < 4.78 is 22.8. The lowest BCUT2D eigenvalue weighted by Crippen LogP contribution is -2.56. The van der Waals surface area contributed by atoms with Gasteiger partial charge in [-0.3, -0.25) is 15.0 Å². The first kappa shape index (κ1) is 17.4. The Morgan fingerprint density at radius 1 is 1.30 bits per heavy atom. The lowest BCUT2D eigenvalue weighted by Gasteiger charge is -2.37. The number of carboxylic acid groups (broad SMARTS) is 1. The molecule has 1 heterocycles. The van der Waals surface area contributed by atoms with Gasteiger partial charge < -0.3 is 5.11 Å². The second-order valence-corrected chi connectivity index (χ2v) is 8.48. The Hall–Kier alpha value is -0.660. The summed E-state index contributed by atoms with van der Waals surface area (Å²) in [6.07, 6.45) is 0.445. The highest BCUT2D eigenvalue weighted by Crippen LogP contribution is 2.19. The molecular formula is C13H26N2O4S. The van der Waals surface area contributed by atoms with Gasteiger partial charge in [0.25, 0.3) is 0 Å². The first-order chi connectivity index (χ1) is 9.06. The molecule has 0 aromatic rings. The summed E-state index contributed by atoms with van der Waals surface area (Å²) in [6.45, 7) is 8.45. The second-order valence-electron chi connectivity index (χ2n) is 6.18. The van der Waals surface area contributed by atoms with Crippen molar-refractivity contribution in [1.82, 2.24) is 10.2 Å². The Bertz CT molecular complexity index is 435. The van der Waals surface area contributed by atoms with Gasteiger partial charge in [-0.25, -0.2) is 8.42 Å². The highest BCUT2D eigenvalue weighted by molar-refractivity contribution is 7.91. The molecular weight excluding hydrogens is 280 g/mol. The number of carbonyl (C=O) groups is 1. The quantitative estimate of drug-likeness (QED) is 0.736. The lowest BCUT2D eigenvalue weighted by atomic mass is 9.92. The number of nitrogens with one attached hydrogen (secondary N) is 1. The van der Waals surface area contributed by atoms with Crippen LogP contribution in [0.3, 0.4) is 0 Å². The molecule has 1 saturated heterocycles. The van der Waals surface area contributed by atoms with Gasteiger partial charge in [-0.2, -0.15) is 0 Å². The molecule has 2 unspecified atom stereocenters. The minimum atomic E-state index is -2.90. The number of aliphatic carboxylic acids is 1. The number of carboxylic acids is 1. The largest absolute Gasteiger partial charge is 0.480 e. The molecule has 0 aliphatic carbocycles. The van der Waals surface area contributed by atoms with E-state index in [4.69, 9.17) is 0 Å². The number of hydrogen-bond donors (Lipinski definition) is 2. The van der Waals surface area contributed by atoms with Crippen molar-refractivity contribution in [2.75, 3.05) is 24.6 Å². The normalized spacial score (nSPS) is 24.2. The first-order valence-electron chi connectivity index (χ1n) is 7.01. The van der Waals surface area contributed by atoms with E-state index in [9.17, 15) is 18.3 Å². The van der Waals surface area contributed by atoms with Gasteiger partial charge in [0.2, 0.25) is 0 Å². The molecule has 2 atom stereocenters. The average molecular weight is 306 g/mol. The molecule has 0 saturated carbocycles. The fourth-order valence-corrected chi connectivity index (χ4v) is 3.96. The molecule has 0 amide bonds. The van der Waals surface area contributed by atoms with Gasteiger partial charge >= 0.3 is 5.97 Å². The van der Waals surface area contributed by atoms with Crippen LogP contribution in [0.15, 0.2) is 0 Å². The van der Waals surface area contributed by atoms with Gasteiger partial charge in [0.1, 0.15) is 5.54 Å². The van der Waals surface area contributed by atoms with Gasteiger partial charge in [-0.15, -0.1) is 0 Å². The molecule has 0 aromatic carbocycles. The smallest absolute Gasteiger partial charge is 0.323 e. The van der Waals surface area contributed by atoms with Crippen LogP contribution in [0.25, 0.3) is 0 Å². The van der Waals surface area contributed by atoms with Crippen molar-refractivity contribution < 1.29 is 18.3 Å². The Kier molecular flexibility index (Phi) is 5.57. The fourth-order valence-electron chi connectivity index (χ4n) is 2.73. The van der Waals surface area contributed by atoms with Crippen molar-refractivity contribution in [3.05, 3.63) is 0 Å². The van der Waals surface area contributed by atoms with E-state index < -0.39 is 21.3 Å². The summed E-state index contributed by atoms with van der Waals surface area (Å²) in [7, 11) is -2.90. The monoisotopic (exact) mass is 306 g/mol. The zero-order valence-corrected chi connectivity index (χ0v) is 13.5. The van der Waals surface area contributed by atoms with Crippen molar-refractivity contribution in [3.63, 3.8) is 0 Å². The van der Waals surface area contributed by atoms with Crippen LogP contribution in [-0.4, -0.2) is 66.6 Å². The average Bonchev–Trinajstić information content (AvgIpc) is 2.26. The molecule has 6 nitrogen and oxygen atoms in total. The summed E-state index contributed by atoms with van der Waals surface area (Å²) in [5.74, 6) is -0.542. The van der Waals surface area contributed by atoms with Crippen LogP contribution in [0.2, 0.25) is 0 Å². The fraction of sp³-hybridized carbons (Fsp3) is 0.923. The molecule has 7 heteroatoms. The van der Waals surface area contributed by atoms with E-state index in [1.807, 2.05) is 20.8 Å². The highest BCUT2D eigenvalue weighted by atomic mass is 32.2. The van der Waals surface area contributed by atoms with Gasteiger partial charge in [0.05, 0.1) is 11.5 Å². The molecule has 0 spiro atoms. The maximum absolute atomic E-state index is 11.5. The maximum Gasteiger partial charge on any atom is 0.323 e. The van der Waals surface area contributed by atoms with Crippen molar-refractivity contribution in [2.24, 2.45) is 0 Å². The zero-order chi connectivity index (χ0) is 15.6. The van der Waals surface area contributed by atoms with E-state index >= 15 is 0 Å². The van der Waals surface area contributed by atoms with Crippen LogP contribution in [0.1, 0.15) is 34.1 Å². The minimum absolute atomic E-state index is 0.0258. The predicted octanol–water partition coefficient (Wildman–Crippen LogP) is 0.337. The van der Waals surface area contributed by atoms with E-state index in [1.165, 1.54) is 0 Å². The molecule has 1 aliphatic heterocycles. The minimum Gasteiger partial charge on any atom is -0.480 e. The van der Waals surface area contributed by atoms with Crippen molar-refractivity contribution in [3.8, 4) is 0 Å². The Morgan fingerprint density at radius 3 is 2.20 bits per heavy atom. The molecule has 0 aromatic heterocycles. The molecule has 0 radical (unpaired) electrons. The number of rotatable bonds is 6. The highest BCUT2D eigenvalue weighted by Gasteiger charge is 2.37. The van der Waals surface area contributed by atoms with Gasteiger partial charge in [0, 0.05) is 25.2 Å². The third-order valence-electron chi connectivity index (χ3n) is 3.79. The van der Waals surface area contributed by atoms with Crippen molar-refractivity contribution >= 4 is 15.8 Å². The first-order valence-corrected chi connectivity index (χ1v) is 8.83. The molecule has 1 fully saturated rings. The van der Waals surface area contributed by atoms with Crippen LogP contribution in [0.4, 0.5) is 0 Å². The molecule has 0 bridgehead atoms. The van der Waals surface area contributed by atoms with Crippen LogP contribution in [-0.2, 0) is 14.6 Å². The molecule has 20 heavy (non-hydrogen) atoms. The Labute approximate surface area is 121 Å². The third kappa shape index (κ3) is 4.71. The summed E-state index contributed by atoms with van der Waals surface area (Å²) in [4.78, 5) is 13.6. The van der Waals surface area contributed by atoms with Gasteiger partial charge in [-0.1, -0.05) is 0 Å². The van der Waals surface area contributed by atoms with Crippen molar-refractivity contribution in [1.29, 1.82) is 0 Å². The SMILES string of the molecule is CC(C)NC(C)(CC(C)N1CCS(=O)(=O)CC1)C(=O)O. The number of hydrogen-bond acceptors (Lipinski definition) is 5. The van der Waals surface area contributed by atoms with E-state index in [-0.39, 0.29) is 23.6 Å². The molecule has 1 aliphatic rings. The number of sulfone groups is 1. The van der Waals surface area contributed by atoms with E-state index in [1.54, 1.807) is 6.92 Å². The maximum atomic E-state index is 11.5. The van der Waals surface area contributed by atoms with Crippen LogP contribution >= 0.6 is 0 Å². The predicted molar refractivity (Wildman–Crippen MR) is 78.6 cm³/mol. The molecule has 2 N–H and O–H groups in total. The zero-order valence-electron chi connectivity index (χ0n) is 12.7. The Morgan fingerprint density at radius 2 is 1.80 bits per heavy atom. The molecule has 118 valence electrons. The molecule has 1 rings (SSSR count). The van der Waals surface area contributed by atoms with E-state index in [2.05, 4.69) is 10.2 Å². The van der Waals surface area contributed by atoms with Gasteiger partial charge in [-0.05, 0) is 34.1 Å². The van der Waals surface area contributed by atoms with Crippen molar-refractivity contribution in [2.45, 2.75) is 51.7 Å². The summed E-state index contributed by atoms with van der Waals surface area (Å²) >= 11 is 0. The lowest BCUT2D eigenvalue weighted by molar-refractivity contribution is -0.145. The van der Waals surface area contributed by atoms with E-state index in [0.29, 0.717) is 19.5 Å². The summed E-state index contributed by atoms with van der Waals surface area (Å²) in [5, 5.41) is 12.5. The summed E-state index contributed by atoms with van der Waals surface area (Å²) in [6, 6.07) is 0.0999. The Balaban J connectivity index is 2.67. The van der Waals surface area contributed by atoms with Crippen LogP contribution < -0.4 is 5.32 Å². The standard InChI is InChI=1S/C13H26N2O4S/c1-10(2)14-13(4,12(16)17)9-11(3)15-5-7-20(18,19)8-6-15/h10-11,14H,5-9H2,1-4H3,(H,16,17). The second kappa shape index (κ2) is 6.41. The van der Waals surface area contributed by atoms with Gasteiger partial charge in [0.15, 0.2) is 9.84 Å².